The summed E-state index contributed by atoms with van der Waals surface area (Å²) >= 11 is 0. The lowest BCUT2D eigenvalue weighted by atomic mass is 10.2. The summed E-state index contributed by atoms with van der Waals surface area (Å²) in [4.78, 5) is 22.6. The fourth-order valence-corrected chi connectivity index (χ4v) is 4.11. The fourth-order valence-electron chi connectivity index (χ4n) is 3.61. The van der Waals surface area contributed by atoms with Crippen molar-refractivity contribution in [3.05, 3.63) is 18.2 Å². The number of fused-ring (bicyclic) bond motifs is 1. The van der Waals surface area contributed by atoms with Crippen LogP contribution in [0.2, 0.25) is 0 Å². The first-order valence-electron chi connectivity index (χ1n) is 10.8. The van der Waals surface area contributed by atoms with Gasteiger partial charge < -0.3 is 23.7 Å². The van der Waals surface area contributed by atoms with Gasteiger partial charge in [0.15, 0.2) is 11.4 Å². The molecule has 1 N–H and O–H groups in total. The topological polar surface area (TPSA) is 136 Å². The molecule has 0 radical (unpaired) electrons. The van der Waals surface area contributed by atoms with Crippen molar-refractivity contribution in [1.82, 2.24) is 19.9 Å². The highest BCUT2D eigenvalue weighted by molar-refractivity contribution is 7.92. The summed E-state index contributed by atoms with van der Waals surface area (Å²) in [7, 11) is -3.49. The predicted molar refractivity (Wildman–Crippen MR) is 122 cm³/mol. The maximum absolute atomic E-state index is 11.8. The Morgan fingerprint density at radius 2 is 1.52 bits per heavy atom. The zero-order valence-electron chi connectivity index (χ0n) is 18.2. The van der Waals surface area contributed by atoms with Crippen LogP contribution in [0.15, 0.2) is 22.6 Å². The van der Waals surface area contributed by atoms with E-state index in [1.165, 1.54) is 0 Å². The molecule has 12 nitrogen and oxygen atoms in total. The average Bonchev–Trinajstić information content (AvgIpc) is 3.25. The quantitative estimate of drug-likeness (QED) is 0.549. The molecule has 0 spiro atoms. The van der Waals surface area contributed by atoms with Crippen LogP contribution in [-0.2, 0) is 19.5 Å². The maximum atomic E-state index is 11.8. The van der Waals surface area contributed by atoms with Gasteiger partial charge in [-0.25, -0.2) is 13.1 Å². The average molecular weight is 476 g/mol. The molecule has 13 heteroatoms. The molecule has 0 unspecified atom stereocenters. The highest BCUT2D eigenvalue weighted by atomic mass is 32.2. The van der Waals surface area contributed by atoms with Gasteiger partial charge in [0.1, 0.15) is 5.52 Å². The fraction of sp³-hybridized carbons (Fsp3) is 0.500. The van der Waals surface area contributed by atoms with E-state index in [4.69, 9.17) is 28.8 Å². The number of hydrogen-bond donors (Lipinski definition) is 1. The van der Waals surface area contributed by atoms with Gasteiger partial charge in [-0.3, -0.25) is 0 Å². The van der Waals surface area contributed by atoms with E-state index >= 15 is 0 Å². The van der Waals surface area contributed by atoms with Gasteiger partial charge in [0, 0.05) is 31.7 Å². The van der Waals surface area contributed by atoms with E-state index in [0.717, 1.165) is 5.56 Å². The van der Waals surface area contributed by atoms with Crippen molar-refractivity contribution in [3.63, 3.8) is 0 Å². The zero-order chi connectivity index (χ0) is 22.8. The van der Waals surface area contributed by atoms with Crippen molar-refractivity contribution in [3.8, 4) is 11.4 Å². The normalized spacial score (nSPS) is 17.5. The maximum Gasteiger partial charge on any atom is 0.309 e. The largest absolute Gasteiger partial charge is 0.423 e. The Hall–Kier alpha value is -3.03. The minimum atomic E-state index is -3.49. The number of sulfonamides is 1. The number of benzene rings is 1. The van der Waals surface area contributed by atoms with Gasteiger partial charge in [-0.05, 0) is 25.1 Å². The van der Waals surface area contributed by atoms with Crippen molar-refractivity contribution in [2.24, 2.45) is 0 Å². The van der Waals surface area contributed by atoms with E-state index in [-0.39, 0.29) is 11.8 Å². The first kappa shape index (κ1) is 21.8. The molecule has 0 bridgehead atoms. The minimum absolute atomic E-state index is 0.0670. The zero-order valence-corrected chi connectivity index (χ0v) is 19.0. The molecule has 0 amide bonds. The van der Waals surface area contributed by atoms with E-state index in [0.29, 0.717) is 81.4 Å². The lowest BCUT2D eigenvalue weighted by Crippen LogP contribution is -2.40. The van der Waals surface area contributed by atoms with Crippen LogP contribution in [0, 0.1) is 0 Å². The number of hydrogen-bond acceptors (Lipinski definition) is 11. The summed E-state index contributed by atoms with van der Waals surface area (Å²) in [6.07, 6.45) is 0. The minimum Gasteiger partial charge on any atom is -0.423 e. The first-order valence-corrected chi connectivity index (χ1v) is 12.5. The Kier molecular flexibility index (Phi) is 6.00. The second-order valence-corrected chi connectivity index (χ2v) is 9.68. The van der Waals surface area contributed by atoms with Crippen molar-refractivity contribution < 1.29 is 22.3 Å². The number of nitrogens with one attached hydrogen (secondary N) is 1. The Balaban J connectivity index is 1.52. The monoisotopic (exact) mass is 475 g/mol. The van der Waals surface area contributed by atoms with Crippen LogP contribution >= 0.6 is 0 Å². The standard InChI is InChI=1S/C20H25N7O5S/c1-2-33(28,29)25-20-21-15-13-14(3-4-16(15)32-20)17-22-18(26-5-9-30-10-6-26)24-19(23-17)27-7-11-31-12-8-27/h3-4,13H,2,5-12H2,1H3,(H,21,25). The van der Waals surface area contributed by atoms with Gasteiger partial charge in [0.25, 0.3) is 0 Å². The van der Waals surface area contributed by atoms with E-state index < -0.39 is 10.0 Å². The molecule has 2 saturated heterocycles. The van der Waals surface area contributed by atoms with Crippen LogP contribution < -0.4 is 14.5 Å². The molecular formula is C20H25N7O5S. The number of rotatable bonds is 6. The van der Waals surface area contributed by atoms with Gasteiger partial charge in [-0.2, -0.15) is 19.9 Å². The van der Waals surface area contributed by atoms with Gasteiger partial charge in [-0.15, -0.1) is 0 Å². The Morgan fingerprint density at radius 1 is 0.909 bits per heavy atom. The summed E-state index contributed by atoms with van der Waals surface area (Å²) in [6.45, 7) is 6.84. The molecule has 0 saturated carbocycles. The van der Waals surface area contributed by atoms with Crippen LogP contribution in [0.25, 0.3) is 22.5 Å². The van der Waals surface area contributed by atoms with E-state index in [2.05, 4.69) is 19.5 Å². The predicted octanol–water partition coefficient (Wildman–Crippen LogP) is 1.11. The number of nitrogens with zero attached hydrogens (tertiary/aromatic N) is 6. The molecular weight excluding hydrogens is 450 g/mol. The summed E-state index contributed by atoms with van der Waals surface area (Å²) < 4.78 is 42.5. The van der Waals surface area contributed by atoms with Crippen molar-refractivity contribution in [2.45, 2.75) is 6.92 Å². The molecule has 33 heavy (non-hydrogen) atoms. The Labute approximate surface area is 191 Å². The molecule has 4 heterocycles. The number of morpholine rings is 2. The SMILES string of the molecule is CCS(=O)(=O)Nc1nc2cc(-c3nc(N4CCOCC4)nc(N4CCOCC4)n3)ccc2o1. The van der Waals surface area contributed by atoms with Crippen LogP contribution in [-0.4, -0.2) is 86.7 Å². The van der Waals surface area contributed by atoms with Crippen molar-refractivity contribution in [2.75, 3.05) is 72.9 Å². The highest BCUT2D eigenvalue weighted by Gasteiger charge is 2.22. The molecule has 5 rings (SSSR count). The van der Waals surface area contributed by atoms with Gasteiger partial charge in [-0.1, -0.05) is 0 Å². The Morgan fingerprint density at radius 3 is 2.09 bits per heavy atom. The van der Waals surface area contributed by atoms with Gasteiger partial charge >= 0.3 is 6.01 Å². The number of anilines is 3. The number of ether oxygens (including phenoxy) is 2. The molecule has 2 aliphatic rings. The van der Waals surface area contributed by atoms with Crippen molar-refractivity contribution >= 4 is 39.0 Å². The van der Waals surface area contributed by atoms with E-state index in [1.807, 2.05) is 6.07 Å². The Bertz CT molecular complexity index is 1200. The van der Waals surface area contributed by atoms with Crippen LogP contribution in [0.1, 0.15) is 6.92 Å². The smallest absolute Gasteiger partial charge is 0.309 e. The molecule has 0 aliphatic carbocycles. The summed E-state index contributed by atoms with van der Waals surface area (Å²) in [5, 5.41) is 0. The van der Waals surface area contributed by atoms with Crippen LogP contribution in [0.5, 0.6) is 0 Å². The third-order valence-corrected chi connectivity index (χ3v) is 6.71. The number of aromatic nitrogens is 4. The van der Waals surface area contributed by atoms with E-state index in [9.17, 15) is 8.42 Å². The summed E-state index contributed by atoms with van der Waals surface area (Å²) in [5.41, 5.74) is 1.69. The molecule has 2 aliphatic heterocycles. The second-order valence-electron chi connectivity index (χ2n) is 7.66. The molecule has 2 fully saturated rings. The highest BCUT2D eigenvalue weighted by Crippen LogP contribution is 2.27. The van der Waals surface area contributed by atoms with Crippen LogP contribution in [0.4, 0.5) is 17.9 Å². The summed E-state index contributed by atoms with van der Waals surface area (Å²) in [5.74, 6) is 1.63. The second kappa shape index (κ2) is 9.08. The van der Waals surface area contributed by atoms with Crippen molar-refractivity contribution in [1.29, 1.82) is 0 Å². The van der Waals surface area contributed by atoms with Crippen LogP contribution in [0.3, 0.4) is 0 Å². The van der Waals surface area contributed by atoms with Gasteiger partial charge in [0.05, 0.1) is 32.2 Å². The molecule has 2 aromatic heterocycles. The van der Waals surface area contributed by atoms with Gasteiger partial charge in [0.2, 0.25) is 21.9 Å². The molecule has 0 atom stereocenters. The third-order valence-electron chi connectivity index (χ3n) is 5.47. The summed E-state index contributed by atoms with van der Waals surface area (Å²) in [6, 6.07) is 5.27. The lowest BCUT2D eigenvalue weighted by Gasteiger charge is -2.30. The first-order chi connectivity index (χ1) is 16.0. The third kappa shape index (κ3) is 4.84. The molecule has 3 aromatic rings. The number of oxazole rings is 1. The lowest BCUT2D eigenvalue weighted by molar-refractivity contribution is 0.121. The molecule has 1 aromatic carbocycles. The van der Waals surface area contributed by atoms with E-state index in [1.54, 1.807) is 19.1 Å². The molecule has 176 valence electrons.